The van der Waals surface area contributed by atoms with Gasteiger partial charge in [-0.1, -0.05) is 23.7 Å². The highest BCUT2D eigenvalue weighted by Gasteiger charge is 2.34. The van der Waals surface area contributed by atoms with Crippen LogP contribution in [0.25, 0.3) is 0 Å². The van der Waals surface area contributed by atoms with Crippen LogP contribution in [0.2, 0.25) is 5.02 Å². The molecule has 8 heteroatoms. The quantitative estimate of drug-likeness (QED) is 0.769. The van der Waals surface area contributed by atoms with Crippen molar-refractivity contribution >= 4 is 17.5 Å². The lowest BCUT2D eigenvalue weighted by molar-refractivity contribution is -0.141. The summed E-state index contributed by atoms with van der Waals surface area (Å²) in [6.07, 6.45) is -4.58. The Hall–Kier alpha value is -2.72. The summed E-state index contributed by atoms with van der Waals surface area (Å²) in [5, 5.41) is 9.00. The maximum atomic E-state index is 13.0. The van der Waals surface area contributed by atoms with Crippen molar-refractivity contribution in [3.05, 3.63) is 64.2 Å². The SMILES string of the molecule is COc1ccc(Cl)cc1C(=O)N(Cc1ccc(C#N)cc1)CC(F)(F)F. The van der Waals surface area contributed by atoms with Crippen molar-refractivity contribution in [2.45, 2.75) is 12.7 Å². The molecule has 2 rings (SSSR count). The van der Waals surface area contributed by atoms with E-state index >= 15 is 0 Å². The van der Waals surface area contributed by atoms with E-state index in [0.717, 1.165) is 0 Å². The number of nitrogens with zero attached hydrogens (tertiary/aromatic N) is 2. The van der Waals surface area contributed by atoms with Gasteiger partial charge in [0.1, 0.15) is 12.3 Å². The molecule has 0 heterocycles. The van der Waals surface area contributed by atoms with Crippen molar-refractivity contribution < 1.29 is 22.7 Å². The summed E-state index contributed by atoms with van der Waals surface area (Å²) in [6, 6.07) is 12.1. The molecule has 0 unspecified atom stereocenters. The average molecular weight is 383 g/mol. The highest BCUT2D eigenvalue weighted by atomic mass is 35.5. The van der Waals surface area contributed by atoms with Gasteiger partial charge in [0, 0.05) is 11.6 Å². The summed E-state index contributed by atoms with van der Waals surface area (Å²) >= 11 is 5.87. The lowest BCUT2D eigenvalue weighted by atomic mass is 10.1. The van der Waals surface area contributed by atoms with Crippen LogP contribution in [0, 0.1) is 11.3 Å². The number of ether oxygens (including phenoxy) is 1. The number of nitriles is 1. The maximum Gasteiger partial charge on any atom is 0.406 e. The van der Waals surface area contributed by atoms with E-state index in [-0.39, 0.29) is 22.9 Å². The molecule has 0 spiro atoms. The summed E-state index contributed by atoms with van der Waals surface area (Å²) in [5.41, 5.74) is 0.777. The van der Waals surface area contributed by atoms with Gasteiger partial charge < -0.3 is 9.64 Å². The van der Waals surface area contributed by atoms with Gasteiger partial charge in [-0.15, -0.1) is 0 Å². The van der Waals surface area contributed by atoms with Gasteiger partial charge in [0.05, 0.1) is 24.3 Å². The minimum absolute atomic E-state index is 0.0575. The van der Waals surface area contributed by atoms with Crippen LogP contribution in [0.5, 0.6) is 5.75 Å². The number of amides is 1. The molecular weight excluding hydrogens is 369 g/mol. The zero-order valence-electron chi connectivity index (χ0n) is 13.7. The summed E-state index contributed by atoms with van der Waals surface area (Å²) in [5.74, 6) is -0.725. The monoisotopic (exact) mass is 382 g/mol. The van der Waals surface area contributed by atoms with Crippen LogP contribution >= 0.6 is 11.6 Å². The van der Waals surface area contributed by atoms with Crippen LogP contribution in [0.1, 0.15) is 21.5 Å². The molecule has 1 amide bonds. The van der Waals surface area contributed by atoms with Crippen molar-refractivity contribution in [1.29, 1.82) is 5.26 Å². The molecule has 0 aliphatic carbocycles. The van der Waals surface area contributed by atoms with Crippen molar-refractivity contribution in [2.24, 2.45) is 0 Å². The molecule has 0 aliphatic rings. The third-order valence-electron chi connectivity index (χ3n) is 3.51. The molecular formula is C18H14ClF3N2O2. The molecule has 0 radical (unpaired) electrons. The molecule has 0 fully saturated rings. The van der Waals surface area contributed by atoms with E-state index in [1.807, 2.05) is 6.07 Å². The Morgan fingerprint density at radius 2 is 1.88 bits per heavy atom. The Morgan fingerprint density at radius 3 is 2.42 bits per heavy atom. The second-order valence-electron chi connectivity index (χ2n) is 5.43. The fourth-order valence-electron chi connectivity index (χ4n) is 2.34. The smallest absolute Gasteiger partial charge is 0.406 e. The normalized spacial score (nSPS) is 10.9. The van der Waals surface area contributed by atoms with Gasteiger partial charge in [-0.3, -0.25) is 4.79 Å². The largest absolute Gasteiger partial charge is 0.496 e. The molecule has 136 valence electrons. The molecule has 0 aromatic heterocycles. The number of alkyl halides is 3. The van der Waals surface area contributed by atoms with E-state index in [4.69, 9.17) is 21.6 Å². The first-order valence-electron chi connectivity index (χ1n) is 7.42. The fraction of sp³-hybridized carbons (Fsp3) is 0.222. The molecule has 0 bridgehead atoms. The summed E-state index contributed by atoms with van der Waals surface area (Å²) in [6.45, 7) is -1.71. The number of carbonyl (C=O) groups is 1. The summed E-state index contributed by atoms with van der Waals surface area (Å²) in [4.78, 5) is 13.4. The van der Waals surface area contributed by atoms with Gasteiger partial charge >= 0.3 is 6.18 Å². The average Bonchev–Trinajstić information content (AvgIpc) is 2.60. The van der Waals surface area contributed by atoms with E-state index in [1.54, 1.807) is 0 Å². The number of carbonyl (C=O) groups excluding carboxylic acids is 1. The van der Waals surface area contributed by atoms with Crippen LogP contribution in [0.3, 0.4) is 0 Å². The van der Waals surface area contributed by atoms with E-state index < -0.39 is 18.6 Å². The number of benzene rings is 2. The van der Waals surface area contributed by atoms with Crippen LogP contribution < -0.4 is 4.74 Å². The van der Waals surface area contributed by atoms with Crippen LogP contribution in [0.4, 0.5) is 13.2 Å². The summed E-state index contributed by atoms with van der Waals surface area (Å²) in [7, 11) is 1.31. The van der Waals surface area contributed by atoms with E-state index in [9.17, 15) is 18.0 Å². The highest BCUT2D eigenvalue weighted by Crippen LogP contribution is 2.27. The number of methoxy groups -OCH3 is 1. The zero-order valence-corrected chi connectivity index (χ0v) is 14.4. The topological polar surface area (TPSA) is 53.3 Å². The first-order chi connectivity index (χ1) is 12.2. The minimum atomic E-state index is -4.58. The lowest BCUT2D eigenvalue weighted by Crippen LogP contribution is -2.38. The molecule has 0 N–H and O–H groups in total. The predicted molar refractivity (Wildman–Crippen MR) is 90.0 cm³/mol. The third-order valence-corrected chi connectivity index (χ3v) is 3.74. The maximum absolute atomic E-state index is 13.0. The molecule has 0 aliphatic heterocycles. The van der Waals surface area contributed by atoms with E-state index in [1.165, 1.54) is 49.6 Å². The molecule has 26 heavy (non-hydrogen) atoms. The Labute approximate surface area is 153 Å². The van der Waals surface area contributed by atoms with Gasteiger partial charge in [-0.2, -0.15) is 18.4 Å². The molecule has 0 saturated heterocycles. The van der Waals surface area contributed by atoms with Gasteiger partial charge in [0.15, 0.2) is 0 Å². The predicted octanol–water partition coefficient (Wildman–Crippen LogP) is 4.42. The second kappa shape index (κ2) is 8.11. The van der Waals surface area contributed by atoms with E-state index in [2.05, 4.69) is 0 Å². The number of halogens is 4. The Morgan fingerprint density at radius 1 is 1.23 bits per heavy atom. The van der Waals surface area contributed by atoms with Crippen LogP contribution in [0.15, 0.2) is 42.5 Å². The number of hydrogen-bond donors (Lipinski definition) is 0. The molecule has 2 aromatic carbocycles. The van der Waals surface area contributed by atoms with Gasteiger partial charge in [0.2, 0.25) is 0 Å². The first kappa shape index (κ1) is 19.6. The van der Waals surface area contributed by atoms with Gasteiger partial charge in [-0.05, 0) is 35.9 Å². The fourth-order valence-corrected chi connectivity index (χ4v) is 2.51. The highest BCUT2D eigenvalue weighted by molar-refractivity contribution is 6.31. The van der Waals surface area contributed by atoms with Crippen molar-refractivity contribution in [3.63, 3.8) is 0 Å². The molecule has 0 saturated carbocycles. The summed E-state index contributed by atoms with van der Waals surface area (Å²) < 4.78 is 44.0. The molecule has 0 atom stereocenters. The molecule has 4 nitrogen and oxygen atoms in total. The Kier molecular flexibility index (Phi) is 6.11. The van der Waals surface area contributed by atoms with Crippen LogP contribution in [-0.2, 0) is 6.54 Å². The first-order valence-corrected chi connectivity index (χ1v) is 7.80. The Balaban J connectivity index is 2.36. The standard InChI is InChI=1S/C18H14ClF3N2O2/c1-26-16-7-6-14(19)8-15(16)17(25)24(11-18(20,21)22)10-13-4-2-12(9-23)3-5-13/h2-8H,10-11H2,1H3. The zero-order chi connectivity index (χ0) is 19.3. The number of rotatable bonds is 5. The van der Waals surface area contributed by atoms with E-state index in [0.29, 0.717) is 16.0 Å². The van der Waals surface area contributed by atoms with Crippen LogP contribution in [-0.4, -0.2) is 30.6 Å². The van der Waals surface area contributed by atoms with Crippen molar-refractivity contribution in [1.82, 2.24) is 4.90 Å². The third kappa shape index (κ3) is 5.14. The lowest BCUT2D eigenvalue weighted by Gasteiger charge is -2.25. The molecule has 2 aromatic rings. The van der Waals surface area contributed by atoms with Gasteiger partial charge in [-0.25, -0.2) is 0 Å². The Bertz CT molecular complexity index is 830. The minimum Gasteiger partial charge on any atom is -0.496 e. The second-order valence-corrected chi connectivity index (χ2v) is 5.87. The van der Waals surface area contributed by atoms with Crippen molar-refractivity contribution in [3.8, 4) is 11.8 Å². The van der Waals surface area contributed by atoms with Gasteiger partial charge in [0.25, 0.3) is 5.91 Å². The van der Waals surface area contributed by atoms with Crippen molar-refractivity contribution in [2.75, 3.05) is 13.7 Å². The number of hydrogen-bond acceptors (Lipinski definition) is 3.